The molecule has 4 nitrogen and oxygen atoms in total. The fourth-order valence-corrected chi connectivity index (χ4v) is 2.24. The maximum Gasteiger partial charge on any atom is 0.156 e. The fraction of sp³-hybridized carbons (Fsp3) is 0.417. The molecule has 0 aliphatic carbocycles. The lowest BCUT2D eigenvalue weighted by atomic mass is 10.1. The molecule has 0 spiro atoms. The standard InChI is InChI=1S/C12H16FN3O/c13-10-5-3-9(4-6-10)8-16-7-1-2-11(16)12(14)15-17/h3-6,11,17H,1-2,7-8H2,(H2,14,15). The molecule has 0 aromatic heterocycles. The van der Waals surface area contributed by atoms with Gasteiger partial charge in [-0.15, -0.1) is 0 Å². The fourth-order valence-electron chi connectivity index (χ4n) is 2.24. The molecule has 0 amide bonds. The maximum absolute atomic E-state index is 12.8. The highest BCUT2D eigenvalue weighted by molar-refractivity contribution is 5.85. The van der Waals surface area contributed by atoms with Crippen LogP contribution in [0.5, 0.6) is 0 Å². The van der Waals surface area contributed by atoms with E-state index in [4.69, 9.17) is 10.9 Å². The van der Waals surface area contributed by atoms with Crippen molar-refractivity contribution in [1.29, 1.82) is 0 Å². The normalized spacial score (nSPS) is 21.9. The van der Waals surface area contributed by atoms with Gasteiger partial charge in [0.1, 0.15) is 5.82 Å². The zero-order valence-electron chi connectivity index (χ0n) is 9.51. The SMILES string of the molecule is NC(=NO)C1CCCN1Cc1ccc(F)cc1. The summed E-state index contributed by atoms with van der Waals surface area (Å²) in [6.45, 7) is 1.61. The van der Waals surface area contributed by atoms with Gasteiger partial charge in [0.05, 0.1) is 6.04 Å². The van der Waals surface area contributed by atoms with Gasteiger partial charge in [-0.25, -0.2) is 4.39 Å². The summed E-state index contributed by atoms with van der Waals surface area (Å²) in [6, 6.07) is 6.41. The molecule has 1 aromatic carbocycles. The second kappa shape index (κ2) is 5.14. The quantitative estimate of drug-likeness (QED) is 0.363. The number of nitrogens with zero attached hydrogens (tertiary/aromatic N) is 2. The van der Waals surface area contributed by atoms with Gasteiger partial charge in [0.15, 0.2) is 5.84 Å². The van der Waals surface area contributed by atoms with E-state index >= 15 is 0 Å². The summed E-state index contributed by atoms with van der Waals surface area (Å²) in [6.07, 6.45) is 1.93. The Bertz CT molecular complexity index is 405. The average molecular weight is 237 g/mol. The molecular weight excluding hydrogens is 221 g/mol. The Hall–Kier alpha value is -1.62. The summed E-state index contributed by atoms with van der Waals surface area (Å²) < 4.78 is 12.8. The minimum Gasteiger partial charge on any atom is -0.409 e. The smallest absolute Gasteiger partial charge is 0.156 e. The number of benzene rings is 1. The van der Waals surface area contributed by atoms with Gasteiger partial charge >= 0.3 is 0 Å². The second-order valence-corrected chi connectivity index (χ2v) is 4.28. The van der Waals surface area contributed by atoms with E-state index in [1.807, 2.05) is 0 Å². The van der Waals surface area contributed by atoms with Gasteiger partial charge < -0.3 is 10.9 Å². The molecule has 0 bridgehead atoms. The van der Waals surface area contributed by atoms with Crippen LogP contribution in [0.2, 0.25) is 0 Å². The van der Waals surface area contributed by atoms with E-state index in [0.717, 1.165) is 24.9 Å². The Kier molecular flexibility index (Phi) is 3.58. The van der Waals surface area contributed by atoms with E-state index < -0.39 is 0 Å². The number of rotatable bonds is 3. The third-order valence-electron chi connectivity index (χ3n) is 3.12. The van der Waals surface area contributed by atoms with Crippen LogP contribution in [0.15, 0.2) is 29.4 Å². The Morgan fingerprint density at radius 1 is 1.47 bits per heavy atom. The van der Waals surface area contributed by atoms with Crippen molar-refractivity contribution in [1.82, 2.24) is 4.90 Å². The minimum absolute atomic E-state index is 0.00921. The maximum atomic E-state index is 12.8. The molecule has 1 aromatic rings. The van der Waals surface area contributed by atoms with Gasteiger partial charge in [-0.2, -0.15) is 0 Å². The molecule has 1 unspecified atom stereocenters. The second-order valence-electron chi connectivity index (χ2n) is 4.28. The van der Waals surface area contributed by atoms with Gasteiger partial charge in [0.25, 0.3) is 0 Å². The van der Waals surface area contributed by atoms with E-state index in [2.05, 4.69) is 10.1 Å². The zero-order valence-corrected chi connectivity index (χ0v) is 9.51. The molecule has 0 radical (unpaired) electrons. The molecule has 5 heteroatoms. The summed E-state index contributed by atoms with van der Waals surface area (Å²) in [5.41, 5.74) is 6.68. The lowest BCUT2D eigenvalue weighted by Gasteiger charge is -2.23. The first-order valence-corrected chi connectivity index (χ1v) is 5.66. The van der Waals surface area contributed by atoms with Crippen LogP contribution in [-0.4, -0.2) is 28.5 Å². The molecule has 1 aliphatic rings. The number of halogens is 1. The van der Waals surface area contributed by atoms with Crippen LogP contribution >= 0.6 is 0 Å². The van der Waals surface area contributed by atoms with Crippen molar-refractivity contribution in [2.24, 2.45) is 10.9 Å². The van der Waals surface area contributed by atoms with Crippen molar-refractivity contribution in [2.45, 2.75) is 25.4 Å². The van der Waals surface area contributed by atoms with Crippen LogP contribution < -0.4 is 5.73 Å². The van der Waals surface area contributed by atoms with Crippen molar-refractivity contribution in [2.75, 3.05) is 6.54 Å². The van der Waals surface area contributed by atoms with E-state index in [1.165, 1.54) is 12.1 Å². The lowest BCUT2D eigenvalue weighted by molar-refractivity contribution is 0.275. The number of amidine groups is 1. The van der Waals surface area contributed by atoms with E-state index in [0.29, 0.717) is 6.54 Å². The third kappa shape index (κ3) is 2.74. The predicted molar refractivity (Wildman–Crippen MR) is 63.2 cm³/mol. The minimum atomic E-state index is -0.233. The first-order valence-electron chi connectivity index (χ1n) is 5.66. The number of hydrogen-bond acceptors (Lipinski definition) is 3. The Balaban J connectivity index is 2.05. The third-order valence-corrected chi connectivity index (χ3v) is 3.12. The molecule has 1 aliphatic heterocycles. The summed E-state index contributed by atoms with van der Waals surface area (Å²) in [5.74, 6) is 0.0211. The lowest BCUT2D eigenvalue weighted by Crippen LogP contribution is -2.40. The van der Waals surface area contributed by atoms with Crippen molar-refractivity contribution in [3.63, 3.8) is 0 Å². The van der Waals surface area contributed by atoms with Crippen LogP contribution in [0.1, 0.15) is 18.4 Å². The molecule has 17 heavy (non-hydrogen) atoms. The van der Waals surface area contributed by atoms with Crippen LogP contribution in [0.3, 0.4) is 0 Å². The Labute approximate surface area is 99.5 Å². The average Bonchev–Trinajstić information content (AvgIpc) is 2.79. The van der Waals surface area contributed by atoms with Crippen molar-refractivity contribution >= 4 is 5.84 Å². The topological polar surface area (TPSA) is 61.9 Å². The molecule has 3 N–H and O–H groups in total. The molecule has 92 valence electrons. The van der Waals surface area contributed by atoms with Crippen molar-refractivity contribution < 1.29 is 9.60 Å². The summed E-state index contributed by atoms with van der Waals surface area (Å²) in [5, 5.41) is 11.8. The monoisotopic (exact) mass is 237 g/mol. The van der Waals surface area contributed by atoms with Gasteiger partial charge in [0, 0.05) is 6.54 Å². The highest BCUT2D eigenvalue weighted by Crippen LogP contribution is 2.20. The van der Waals surface area contributed by atoms with Crippen molar-refractivity contribution in [3.8, 4) is 0 Å². The zero-order chi connectivity index (χ0) is 12.3. The molecule has 1 fully saturated rings. The summed E-state index contributed by atoms with van der Waals surface area (Å²) in [4.78, 5) is 2.14. The summed E-state index contributed by atoms with van der Waals surface area (Å²) >= 11 is 0. The van der Waals surface area contributed by atoms with E-state index in [9.17, 15) is 4.39 Å². The van der Waals surface area contributed by atoms with E-state index in [-0.39, 0.29) is 17.7 Å². The predicted octanol–water partition coefficient (Wildman–Crippen LogP) is 1.54. The van der Waals surface area contributed by atoms with Crippen molar-refractivity contribution in [3.05, 3.63) is 35.6 Å². The Morgan fingerprint density at radius 2 is 2.18 bits per heavy atom. The number of nitrogens with two attached hydrogens (primary N) is 1. The van der Waals surface area contributed by atoms with Gasteiger partial charge in [-0.3, -0.25) is 4.90 Å². The van der Waals surface area contributed by atoms with Crippen LogP contribution in [-0.2, 0) is 6.54 Å². The number of hydrogen-bond donors (Lipinski definition) is 2. The first kappa shape index (κ1) is 11.9. The molecule has 1 heterocycles. The Morgan fingerprint density at radius 3 is 2.82 bits per heavy atom. The van der Waals surface area contributed by atoms with Crippen LogP contribution in [0.25, 0.3) is 0 Å². The van der Waals surface area contributed by atoms with Gasteiger partial charge in [0.2, 0.25) is 0 Å². The summed E-state index contributed by atoms with van der Waals surface area (Å²) in [7, 11) is 0. The molecule has 2 rings (SSSR count). The van der Waals surface area contributed by atoms with Crippen LogP contribution in [0.4, 0.5) is 4.39 Å². The van der Waals surface area contributed by atoms with Gasteiger partial charge in [-0.05, 0) is 37.1 Å². The van der Waals surface area contributed by atoms with Crippen LogP contribution in [0, 0.1) is 5.82 Å². The first-order chi connectivity index (χ1) is 8.20. The molecule has 0 saturated carbocycles. The molecule has 1 atom stereocenters. The molecular formula is C12H16FN3O. The highest BCUT2D eigenvalue weighted by Gasteiger charge is 2.27. The molecule has 1 saturated heterocycles. The van der Waals surface area contributed by atoms with Gasteiger partial charge in [-0.1, -0.05) is 17.3 Å². The largest absolute Gasteiger partial charge is 0.409 e. The highest BCUT2D eigenvalue weighted by atomic mass is 19.1. The number of oxime groups is 1. The van der Waals surface area contributed by atoms with E-state index in [1.54, 1.807) is 12.1 Å². The number of likely N-dealkylation sites (tertiary alicyclic amines) is 1.